The van der Waals surface area contributed by atoms with E-state index in [1.807, 2.05) is 0 Å². The maximum atomic E-state index is 10.4. The van der Waals surface area contributed by atoms with Crippen LogP contribution in [-0.4, -0.2) is 25.3 Å². The van der Waals surface area contributed by atoms with Crippen LogP contribution in [0, 0.1) is 5.92 Å². The lowest BCUT2D eigenvalue weighted by Crippen LogP contribution is -2.31. The van der Waals surface area contributed by atoms with E-state index < -0.39 is 0 Å². The molecule has 0 fully saturated rings. The quantitative estimate of drug-likeness (QED) is 0.524. The summed E-state index contributed by atoms with van der Waals surface area (Å²) in [5.41, 5.74) is 5.00. The van der Waals surface area contributed by atoms with E-state index in [1.54, 1.807) is 6.34 Å². The van der Waals surface area contributed by atoms with E-state index >= 15 is 0 Å². The number of nitrogens with zero attached hydrogens (tertiary/aromatic N) is 1. The number of hydrogen-bond acceptors (Lipinski definition) is 3. The van der Waals surface area contributed by atoms with Gasteiger partial charge in [0.25, 0.3) is 0 Å². The summed E-state index contributed by atoms with van der Waals surface area (Å²) in [5, 5.41) is 2.94. The van der Waals surface area contributed by atoms with Crippen LogP contribution in [0.15, 0.2) is 4.99 Å². The van der Waals surface area contributed by atoms with Crippen molar-refractivity contribution in [2.24, 2.45) is 16.6 Å². The van der Waals surface area contributed by atoms with Gasteiger partial charge in [0.2, 0.25) is 5.91 Å². The Morgan fingerprint density at radius 3 is 3.20 bits per heavy atom. The minimum absolute atomic E-state index is 0.246. The number of hydrogen-bond donors (Lipinski definition) is 2. The molecule has 0 aromatic carbocycles. The van der Waals surface area contributed by atoms with E-state index in [0.717, 1.165) is 13.1 Å². The molecule has 1 rings (SSSR count). The Labute approximate surface area is 59.5 Å². The highest BCUT2D eigenvalue weighted by atomic mass is 16.1. The van der Waals surface area contributed by atoms with Crippen LogP contribution in [0.4, 0.5) is 0 Å². The molecular formula is C6H11N3O. The monoisotopic (exact) mass is 141 g/mol. The highest BCUT2D eigenvalue weighted by molar-refractivity contribution is 5.74. The fraction of sp³-hybridized carbons (Fsp3) is 0.667. The van der Waals surface area contributed by atoms with Crippen LogP contribution < -0.4 is 11.1 Å². The Hall–Kier alpha value is -1.06. The molecule has 1 atom stereocenters. The summed E-state index contributed by atoms with van der Waals surface area (Å²) in [5.74, 6) is 0.0476. The van der Waals surface area contributed by atoms with Crippen molar-refractivity contribution in [2.45, 2.75) is 6.42 Å². The van der Waals surface area contributed by atoms with E-state index in [1.165, 1.54) is 0 Å². The molecule has 0 saturated carbocycles. The molecule has 1 aliphatic rings. The highest BCUT2D eigenvalue weighted by Gasteiger charge is 2.12. The standard InChI is InChI=1S/C6H11N3O/c7-6(10)1-5-2-8-4-9-3-5/h4-5H,1-3H2,(H2,7,10)(H,8,9). The van der Waals surface area contributed by atoms with Gasteiger partial charge in [-0.15, -0.1) is 0 Å². The van der Waals surface area contributed by atoms with E-state index in [-0.39, 0.29) is 5.91 Å². The first kappa shape index (κ1) is 7.05. The number of nitrogens with two attached hydrogens (primary N) is 1. The third-order valence-electron chi connectivity index (χ3n) is 1.44. The van der Waals surface area contributed by atoms with Gasteiger partial charge in [0.1, 0.15) is 0 Å². The van der Waals surface area contributed by atoms with Gasteiger partial charge in [-0.05, 0) is 0 Å². The third kappa shape index (κ3) is 2.05. The number of nitrogens with one attached hydrogen (secondary N) is 1. The maximum Gasteiger partial charge on any atom is 0.217 e. The van der Waals surface area contributed by atoms with Crippen molar-refractivity contribution in [3.8, 4) is 0 Å². The first-order valence-corrected chi connectivity index (χ1v) is 3.29. The first-order chi connectivity index (χ1) is 4.79. The molecule has 1 heterocycles. The number of carbonyl (C=O) groups is 1. The minimum atomic E-state index is -0.246. The van der Waals surface area contributed by atoms with Crippen LogP contribution in [-0.2, 0) is 4.79 Å². The number of aliphatic imine (C=N–C) groups is 1. The van der Waals surface area contributed by atoms with E-state index in [0.29, 0.717) is 12.3 Å². The third-order valence-corrected chi connectivity index (χ3v) is 1.44. The van der Waals surface area contributed by atoms with Gasteiger partial charge in [0, 0.05) is 25.4 Å². The lowest BCUT2D eigenvalue weighted by Gasteiger charge is -2.15. The predicted molar refractivity (Wildman–Crippen MR) is 38.7 cm³/mol. The molecule has 0 aromatic heterocycles. The van der Waals surface area contributed by atoms with Crippen molar-refractivity contribution < 1.29 is 4.79 Å². The van der Waals surface area contributed by atoms with Crippen LogP contribution >= 0.6 is 0 Å². The van der Waals surface area contributed by atoms with Crippen LogP contribution in [0.5, 0.6) is 0 Å². The van der Waals surface area contributed by atoms with Crippen molar-refractivity contribution in [1.29, 1.82) is 0 Å². The Kier molecular flexibility index (Phi) is 2.25. The summed E-state index contributed by atoms with van der Waals surface area (Å²) in [6.07, 6.45) is 2.10. The summed E-state index contributed by atoms with van der Waals surface area (Å²) in [6.45, 7) is 1.53. The molecular weight excluding hydrogens is 130 g/mol. The van der Waals surface area contributed by atoms with Gasteiger partial charge in [0.15, 0.2) is 0 Å². The van der Waals surface area contributed by atoms with Crippen molar-refractivity contribution in [3.05, 3.63) is 0 Å². The molecule has 1 unspecified atom stereocenters. The molecule has 0 aliphatic carbocycles. The Bertz CT molecular complexity index is 155. The average molecular weight is 141 g/mol. The molecule has 4 nitrogen and oxygen atoms in total. The van der Waals surface area contributed by atoms with Gasteiger partial charge in [-0.1, -0.05) is 0 Å². The van der Waals surface area contributed by atoms with E-state index in [9.17, 15) is 4.79 Å². The molecule has 0 aromatic rings. The second kappa shape index (κ2) is 3.20. The Morgan fingerprint density at radius 2 is 2.70 bits per heavy atom. The number of rotatable bonds is 2. The second-order valence-electron chi connectivity index (χ2n) is 2.44. The zero-order valence-electron chi connectivity index (χ0n) is 5.71. The molecule has 3 N–H and O–H groups in total. The molecule has 0 saturated heterocycles. The Morgan fingerprint density at radius 1 is 1.90 bits per heavy atom. The Balaban J connectivity index is 2.28. The van der Waals surface area contributed by atoms with E-state index in [4.69, 9.17) is 5.73 Å². The SMILES string of the molecule is NC(=O)CC1CN=CNC1. The first-order valence-electron chi connectivity index (χ1n) is 3.29. The van der Waals surface area contributed by atoms with Crippen LogP contribution in [0.25, 0.3) is 0 Å². The summed E-state index contributed by atoms with van der Waals surface area (Å²) in [6, 6.07) is 0. The average Bonchev–Trinajstić information content (AvgIpc) is 1.88. The molecule has 4 heteroatoms. The van der Waals surface area contributed by atoms with Crippen molar-refractivity contribution in [1.82, 2.24) is 5.32 Å². The molecule has 56 valence electrons. The van der Waals surface area contributed by atoms with Crippen LogP contribution in [0.2, 0.25) is 0 Å². The second-order valence-corrected chi connectivity index (χ2v) is 2.44. The molecule has 0 radical (unpaired) electrons. The minimum Gasteiger partial charge on any atom is -0.376 e. The summed E-state index contributed by atoms with van der Waals surface area (Å²) < 4.78 is 0. The van der Waals surface area contributed by atoms with E-state index in [2.05, 4.69) is 10.3 Å². The molecule has 1 amide bonds. The zero-order chi connectivity index (χ0) is 7.40. The van der Waals surface area contributed by atoms with Gasteiger partial charge in [-0.2, -0.15) is 0 Å². The summed E-state index contributed by atoms with van der Waals surface area (Å²) >= 11 is 0. The maximum absolute atomic E-state index is 10.4. The zero-order valence-corrected chi connectivity index (χ0v) is 5.71. The molecule has 1 aliphatic heterocycles. The van der Waals surface area contributed by atoms with Gasteiger partial charge < -0.3 is 11.1 Å². The highest BCUT2D eigenvalue weighted by Crippen LogP contribution is 2.03. The topological polar surface area (TPSA) is 67.5 Å². The summed E-state index contributed by atoms with van der Waals surface area (Å²) in [7, 11) is 0. The lowest BCUT2D eigenvalue weighted by molar-refractivity contribution is -0.118. The number of amides is 1. The van der Waals surface area contributed by atoms with Crippen molar-refractivity contribution in [2.75, 3.05) is 13.1 Å². The van der Waals surface area contributed by atoms with Gasteiger partial charge in [-0.25, -0.2) is 0 Å². The number of primary amides is 1. The molecule has 0 spiro atoms. The fourth-order valence-corrected chi connectivity index (χ4v) is 0.971. The fourth-order valence-electron chi connectivity index (χ4n) is 0.971. The largest absolute Gasteiger partial charge is 0.376 e. The lowest BCUT2D eigenvalue weighted by atomic mass is 10.1. The van der Waals surface area contributed by atoms with Crippen LogP contribution in [0.1, 0.15) is 6.42 Å². The van der Waals surface area contributed by atoms with Crippen LogP contribution in [0.3, 0.4) is 0 Å². The predicted octanol–water partition coefficient (Wildman–Crippen LogP) is -0.891. The number of carbonyl (C=O) groups excluding carboxylic acids is 1. The molecule has 10 heavy (non-hydrogen) atoms. The summed E-state index contributed by atoms with van der Waals surface area (Å²) in [4.78, 5) is 14.4. The van der Waals surface area contributed by atoms with Crippen molar-refractivity contribution >= 4 is 12.2 Å². The normalized spacial score (nSPS) is 23.8. The smallest absolute Gasteiger partial charge is 0.217 e. The van der Waals surface area contributed by atoms with Gasteiger partial charge >= 0.3 is 0 Å². The van der Waals surface area contributed by atoms with Crippen molar-refractivity contribution in [3.63, 3.8) is 0 Å². The van der Waals surface area contributed by atoms with Gasteiger partial charge in [0.05, 0.1) is 6.34 Å². The van der Waals surface area contributed by atoms with Gasteiger partial charge in [-0.3, -0.25) is 9.79 Å². The molecule has 0 bridgehead atoms.